The third-order valence-corrected chi connectivity index (χ3v) is 4.33. The minimum absolute atomic E-state index is 0.0900. The Morgan fingerprint density at radius 2 is 1.78 bits per heavy atom. The Hall–Kier alpha value is -2.34. The molecule has 0 saturated heterocycles. The summed E-state index contributed by atoms with van der Waals surface area (Å²) in [5.74, 6) is -1.08. The maximum absolute atomic E-state index is 12.0. The van der Waals surface area contributed by atoms with Crippen molar-refractivity contribution in [3.8, 4) is 10.4 Å². The van der Waals surface area contributed by atoms with Crippen molar-refractivity contribution in [1.82, 2.24) is 0 Å². The van der Waals surface area contributed by atoms with Gasteiger partial charge in [0, 0.05) is 4.88 Å². The molecule has 0 atom stereocenters. The van der Waals surface area contributed by atoms with Crippen molar-refractivity contribution < 1.29 is 19.4 Å². The Labute approximate surface area is 138 Å². The van der Waals surface area contributed by atoms with E-state index in [1.54, 1.807) is 27.7 Å². The molecule has 2 N–H and O–H groups in total. The van der Waals surface area contributed by atoms with Gasteiger partial charge in [-0.1, -0.05) is 30.3 Å². The lowest BCUT2D eigenvalue weighted by molar-refractivity contribution is 0.0636. The van der Waals surface area contributed by atoms with Gasteiger partial charge in [-0.15, -0.1) is 11.3 Å². The van der Waals surface area contributed by atoms with E-state index >= 15 is 0 Å². The van der Waals surface area contributed by atoms with Crippen LogP contribution >= 0.6 is 11.3 Å². The third-order valence-electron chi connectivity index (χ3n) is 3.00. The summed E-state index contributed by atoms with van der Waals surface area (Å²) < 4.78 is 5.21. The van der Waals surface area contributed by atoms with Crippen molar-refractivity contribution in [2.75, 3.05) is 5.32 Å². The number of hydrogen-bond acceptors (Lipinski definition) is 4. The number of benzene rings is 1. The molecule has 2 rings (SSSR count). The van der Waals surface area contributed by atoms with Gasteiger partial charge in [-0.3, -0.25) is 5.32 Å². The lowest BCUT2D eigenvalue weighted by Gasteiger charge is -2.19. The van der Waals surface area contributed by atoms with Crippen molar-refractivity contribution in [2.45, 2.75) is 33.3 Å². The number of carbonyl (C=O) groups excluding carboxylic acids is 1. The molecule has 1 heterocycles. The number of carbonyl (C=O) groups is 2. The van der Waals surface area contributed by atoms with Gasteiger partial charge in [0.25, 0.3) is 0 Å². The van der Waals surface area contributed by atoms with Gasteiger partial charge < -0.3 is 9.84 Å². The normalized spacial score (nSPS) is 11.1. The Bertz CT molecular complexity index is 729. The number of hydrogen-bond donors (Lipinski definition) is 2. The average Bonchev–Trinajstić information content (AvgIpc) is 2.75. The zero-order valence-corrected chi connectivity index (χ0v) is 14.3. The topological polar surface area (TPSA) is 75.6 Å². The predicted molar refractivity (Wildman–Crippen MR) is 91.3 cm³/mol. The molecule has 2 aromatic rings. The molecule has 1 aromatic heterocycles. The summed E-state index contributed by atoms with van der Waals surface area (Å²) in [4.78, 5) is 24.4. The van der Waals surface area contributed by atoms with Crippen molar-refractivity contribution in [3.05, 3.63) is 40.8 Å². The lowest BCUT2D eigenvalue weighted by Crippen LogP contribution is -2.27. The van der Waals surface area contributed by atoms with Crippen molar-refractivity contribution >= 4 is 29.1 Å². The van der Waals surface area contributed by atoms with Gasteiger partial charge in [0.1, 0.15) is 10.5 Å². The second-order valence-corrected chi connectivity index (χ2v) is 7.08. The fourth-order valence-electron chi connectivity index (χ4n) is 2.09. The summed E-state index contributed by atoms with van der Waals surface area (Å²) in [5, 5.41) is 12.0. The first-order valence-corrected chi connectivity index (χ1v) is 7.93. The molecular weight excluding hydrogens is 314 g/mol. The van der Waals surface area contributed by atoms with Crippen LogP contribution in [0.15, 0.2) is 30.3 Å². The van der Waals surface area contributed by atoms with Gasteiger partial charge in [-0.25, -0.2) is 9.59 Å². The van der Waals surface area contributed by atoms with Crippen LogP contribution in [0.3, 0.4) is 0 Å². The largest absolute Gasteiger partial charge is 0.477 e. The quantitative estimate of drug-likeness (QED) is 0.848. The molecule has 23 heavy (non-hydrogen) atoms. The Balaban J connectivity index is 2.41. The van der Waals surface area contributed by atoms with E-state index < -0.39 is 17.7 Å². The van der Waals surface area contributed by atoms with Crippen LogP contribution < -0.4 is 5.32 Å². The van der Waals surface area contributed by atoms with Gasteiger partial charge in [0.15, 0.2) is 0 Å². The molecule has 5 nitrogen and oxygen atoms in total. The first-order chi connectivity index (χ1) is 10.7. The van der Waals surface area contributed by atoms with Crippen LogP contribution in [0.5, 0.6) is 0 Å². The fraction of sp³-hybridized carbons (Fsp3) is 0.294. The zero-order valence-electron chi connectivity index (χ0n) is 13.5. The molecule has 122 valence electrons. The van der Waals surface area contributed by atoms with Gasteiger partial charge in [-0.05, 0) is 38.8 Å². The number of nitrogens with one attached hydrogen (secondary N) is 1. The highest BCUT2D eigenvalue weighted by Crippen LogP contribution is 2.39. The molecule has 6 heteroatoms. The van der Waals surface area contributed by atoms with E-state index in [1.807, 2.05) is 30.3 Å². The fourth-order valence-corrected chi connectivity index (χ4v) is 3.19. The number of ether oxygens (including phenoxy) is 1. The Morgan fingerprint density at radius 1 is 1.17 bits per heavy atom. The van der Waals surface area contributed by atoms with Crippen molar-refractivity contribution in [3.63, 3.8) is 0 Å². The van der Waals surface area contributed by atoms with Gasteiger partial charge >= 0.3 is 12.1 Å². The van der Waals surface area contributed by atoms with Crippen LogP contribution in [-0.2, 0) is 4.74 Å². The molecule has 0 bridgehead atoms. The van der Waals surface area contributed by atoms with Crippen LogP contribution in [-0.4, -0.2) is 22.8 Å². The number of carboxylic acids is 1. The summed E-state index contributed by atoms with van der Waals surface area (Å²) in [7, 11) is 0. The molecule has 0 saturated carbocycles. The number of aromatic carboxylic acids is 1. The molecule has 0 aliphatic carbocycles. The minimum Gasteiger partial charge on any atom is -0.477 e. The summed E-state index contributed by atoms with van der Waals surface area (Å²) in [6.07, 6.45) is -0.666. The van der Waals surface area contributed by atoms with E-state index in [0.717, 1.165) is 21.8 Å². The molecule has 0 radical (unpaired) electrons. The van der Waals surface area contributed by atoms with E-state index in [9.17, 15) is 14.7 Å². The summed E-state index contributed by atoms with van der Waals surface area (Å²) >= 11 is 1.14. The van der Waals surface area contributed by atoms with Gasteiger partial charge in [-0.2, -0.15) is 0 Å². The second-order valence-electron chi connectivity index (χ2n) is 6.06. The van der Waals surface area contributed by atoms with E-state index in [4.69, 9.17) is 4.74 Å². The Morgan fingerprint density at radius 3 is 2.30 bits per heavy atom. The standard InChI is InChI=1S/C17H19NO4S/c1-10-12(18-16(21)22-17(2,3)4)14(15(19)20)23-13(10)11-8-6-5-7-9-11/h5-9H,1-4H3,(H,18,21)(H,19,20). The molecule has 0 aliphatic rings. The summed E-state index contributed by atoms with van der Waals surface area (Å²) in [6, 6.07) is 9.47. The van der Waals surface area contributed by atoms with Crippen LogP contribution in [0.2, 0.25) is 0 Å². The summed E-state index contributed by atoms with van der Waals surface area (Å²) in [5.41, 5.74) is 1.26. The van der Waals surface area contributed by atoms with Gasteiger partial charge in [0.2, 0.25) is 0 Å². The highest BCUT2D eigenvalue weighted by atomic mass is 32.1. The minimum atomic E-state index is -1.08. The number of rotatable bonds is 3. The number of anilines is 1. The first-order valence-electron chi connectivity index (χ1n) is 7.11. The van der Waals surface area contributed by atoms with Crippen LogP contribution in [0.1, 0.15) is 36.0 Å². The monoisotopic (exact) mass is 333 g/mol. The third kappa shape index (κ3) is 4.10. The van der Waals surface area contributed by atoms with Crippen LogP contribution in [0.25, 0.3) is 10.4 Å². The maximum Gasteiger partial charge on any atom is 0.412 e. The summed E-state index contributed by atoms with van der Waals surface area (Å²) in [6.45, 7) is 7.04. The smallest absolute Gasteiger partial charge is 0.412 e. The van der Waals surface area contributed by atoms with E-state index in [2.05, 4.69) is 5.32 Å². The SMILES string of the molecule is Cc1c(-c2ccccc2)sc(C(=O)O)c1NC(=O)OC(C)(C)C. The molecule has 0 aliphatic heterocycles. The van der Waals surface area contributed by atoms with E-state index in [-0.39, 0.29) is 10.6 Å². The lowest BCUT2D eigenvalue weighted by atomic mass is 10.1. The number of thiophene rings is 1. The van der Waals surface area contributed by atoms with E-state index in [1.165, 1.54) is 0 Å². The van der Waals surface area contributed by atoms with Crippen molar-refractivity contribution in [2.24, 2.45) is 0 Å². The number of carboxylic acid groups (broad SMARTS) is 1. The molecule has 0 spiro atoms. The second kappa shape index (κ2) is 6.42. The Kier molecular flexibility index (Phi) is 4.75. The molecule has 0 unspecified atom stereocenters. The highest BCUT2D eigenvalue weighted by Gasteiger charge is 2.24. The van der Waals surface area contributed by atoms with Crippen LogP contribution in [0.4, 0.5) is 10.5 Å². The first kappa shape index (κ1) is 17.0. The molecular formula is C17H19NO4S. The maximum atomic E-state index is 12.0. The van der Waals surface area contributed by atoms with Gasteiger partial charge in [0.05, 0.1) is 5.69 Å². The molecule has 0 fully saturated rings. The van der Waals surface area contributed by atoms with Crippen LogP contribution in [0, 0.1) is 6.92 Å². The van der Waals surface area contributed by atoms with Crippen molar-refractivity contribution in [1.29, 1.82) is 0 Å². The zero-order chi connectivity index (χ0) is 17.2. The van der Waals surface area contributed by atoms with E-state index in [0.29, 0.717) is 5.56 Å². The average molecular weight is 333 g/mol. The molecule has 1 aromatic carbocycles. The number of amides is 1. The predicted octanol–water partition coefficient (Wildman–Crippen LogP) is 4.77. The highest BCUT2D eigenvalue weighted by molar-refractivity contribution is 7.18. The molecule has 1 amide bonds.